The Bertz CT molecular complexity index is 573. The lowest BCUT2D eigenvalue weighted by atomic mass is 10.2. The minimum Gasteiger partial charge on any atom is -0.459 e. The summed E-state index contributed by atoms with van der Waals surface area (Å²) in [5.74, 6) is 1.89. The molecule has 4 heteroatoms. The van der Waals surface area contributed by atoms with Crippen molar-refractivity contribution >= 4 is 21.8 Å². The van der Waals surface area contributed by atoms with Crippen LogP contribution < -0.4 is 5.32 Å². The van der Waals surface area contributed by atoms with Gasteiger partial charge in [-0.2, -0.15) is 0 Å². The number of hydrogen-bond acceptors (Lipinski definition) is 3. The molecule has 0 aliphatic carbocycles. The van der Waals surface area contributed by atoms with Crippen molar-refractivity contribution in [2.45, 2.75) is 39.0 Å². The molecule has 3 atom stereocenters. The maximum absolute atomic E-state index is 12.5. The average molecular weight is 307 g/mol. The van der Waals surface area contributed by atoms with Gasteiger partial charge >= 0.3 is 0 Å². The summed E-state index contributed by atoms with van der Waals surface area (Å²) in [5.41, 5.74) is 0.887. The second kappa shape index (κ2) is 7.23. The van der Waals surface area contributed by atoms with Crippen molar-refractivity contribution in [1.29, 1.82) is 0 Å². The summed E-state index contributed by atoms with van der Waals surface area (Å²) >= 11 is 0. The smallest absolute Gasteiger partial charge is 0.134 e. The van der Waals surface area contributed by atoms with E-state index in [2.05, 4.69) is 39.1 Å². The lowest BCUT2D eigenvalue weighted by Crippen LogP contribution is -2.30. The summed E-state index contributed by atoms with van der Waals surface area (Å²) in [6.07, 6.45) is 0. The van der Waals surface area contributed by atoms with E-state index in [9.17, 15) is 4.21 Å². The van der Waals surface area contributed by atoms with E-state index in [0.29, 0.717) is 11.7 Å². The molecule has 0 amide bonds. The molecule has 0 spiro atoms. The Hall–Kier alpha value is -1.13. The van der Waals surface area contributed by atoms with E-state index in [1.165, 1.54) is 0 Å². The second-order valence-corrected chi connectivity index (χ2v) is 7.63. The predicted octanol–water partition coefficient (Wildman–Crippen LogP) is 3.88. The Balaban J connectivity index is 2.20. The third-order valence-corrected chi connectivity index (χ3v) is 5.96. The molecule has 0 bridgehead atoms. The standard InChI is InChI=1S/C17H25NO2S/c1-5-18-15(11-21(19)13(4)12(2)3)17-10-14-8-6-7-9-16(14)20-17/h6-10,12-13,15,18H,5,11H2,1-4H3. The van der Waals surface area contributed by atoms with Crippen LogP contribution in [0.2, 0.25) is 0 Å². The monoisotopic (exact) mass is 307 g/mol. The topological polar surface area (TPSA) is 42.2 Å². The van der Waals surface area contributed by atoms with E-state index >= 15 is 0 Å². The molecule has 2 rings (SSSR count). The largest absolute Gasteiger partial charge is 0.459 e. The van der Waals surface area contributed by atoms with Crippen molar-refractivity contribution < 1.29 is 8.63 Å². The molecule has 3 unspecified atom stereocenters. The highest BCUT2D eigenvalue weighted by molar-refractivity contribution is 7.85. The molecule has 0 saturated carbocycles. The highest BCUT2D eigenvalue weighted by Crippen LogP contribution is 2.25. The molecule has 0 aliphatic heterocycles. The average Bonchev–Trinajstić information content (AvgIpc) is 2.89. The maximum Gasteiger partial charge on any atom is 0.134 e. The molecule has 1 heterocycles. The molecule has 1 aromatic heterocycles. The van der Waals surface area contributed by atoms with Gasteiger partial charge in [0.15, 0.2) is 0 Å². The van der Waals surface area contributed by atoms with Gasteiger partial charge in [0.25, 0.3) is 0 Å². The first kappa shape index (κ1) is 16.2. The number of benzene rings is 1. The first-order valence-electron chi connectivity index (χ1n) is 7.62. The van der Waals surface area contributed by atoms with Crippen LogP contribution in [0.3, 0.4) is 0 Å². The summed E-state index contributed by atoms with van der Waals surface area (Å²) in [6, 6.07) is 10.0. The molecule has 0 radical (unpaired) electrons. The molecule has 116 valence electrons. The van der Waals surface area contributed by atoms with E-state index in [-0.39, 0.29) is 11.3 Å². The number of furan rings is 1. The molecule has 2 aromatic rings. The van der Waals surface area contributed by atoms with Crippen molar-refractivity contribution in [3.05, 3.63) is 36.1 Å². The molecule has 0 aliphatic rings. The van der Waals surface area contributed by atoms with Crippen LogP contribution in [-0.2, 0) is 10.8 Å². The molecular formula is C17H25NO2S. The van der Waals surface area contributed by atoms with Gasteiger partial charge in [0.1, 0.15) is 11.3 Å². The zero-order valence-electron chi connectivity index (χ0n) is 13.3. The van der Waals surface area contributed by atoms with Crippen molar-refractivity contribution in [2.24, 2.45) is 5.92 Å². The van der Waals surface area contributed by atoms with Gasteiger partial charge in [0.2, 0.25) is 0 Å². The van der Waals surface area contributed by atoms with Crippen LogP contribution in [0.1, 0.15) is 39.5 Å². The minimum atomic E-state index is -0.871. The first-order chi connectivity index (χ1) is 10.0. The molecule has 21 heavy (non-hydrogen) atoms. The Morgan fingerprint density at radius 2 is 1.95 bits per heavy atom. The van der Waals surface area contributed by atoms with Gasteiger partial charge in [0, 0.05) is 27.2 Å². The summed E-state index contributed by atoms with van der Waals surface area (Å²) < 4.78 is 18.4. The summed E-state index contributed by atoms with van der Waals surface area (Å²) in [5, 5.41) is 4.68. The zero-order chi connectivity index (χ0) is 15.4. The van der Waals surface area contributed by atoms with Gasteiger partial charge in [-0.05, 0) is 24.6 Å². The summed E-state index contributed by atoms with van der Waals surface area (Å²) in [6.45, 7) is 9.18. The fourth-order valence-corrected chi connectivity index (χ4v) is 3.80. The molecule has 0 saturated heterocycles. The normalized spacial score (nSPS) is 16.2. The van der Waals surface area contributed by atoms with Gasteiger partial charge in [-0.15, -0.1) is 0 Å². The fraction of sp³-hybridized carbons (Fsp3) is 0.529. The van der Waals surface area contributed by atoms with Crippen molar-refractivity contribution in [1.82, 2.24) is 5.32 Å². The van der Waals surface area contributed by atoms with Crippen molar-refractivity contribution in [2.75, 3.05) is 12.3 Å². The van der Waals surface area contributed by atoms with Crippen LogP contribution in [-0.4, -0.2) is 21.8 Å². The third-order valence-electron chi connectivity index (χ3n) is 3.92. The first-order valence-corrected chi connectivity index (χ1v) is 9.00. The van der Waals surface area contributed by atoms with E-state index in [1.54, 1.807) is 0 Å². The Labute approximate surface area is 129 Å². The SMILES string of the molecule is CCNC(CS(=O)C(C)C(C)C)c1cc2ccccc2o1. The summed E-state index contributed by atoms with van der Waals surface area (Å²) in [4.78, 5) is 0. The maximum atomic E-state index is 12.5. The lowest BCUT2D eigenvalue weighted by molar-refractivity contribution is 0.459. The summed E-state index contributed by atoms with van der Waals surface area (Å²) in [7, 11) is -0.871. The molecule has 3 nitrogen and oxygen atoms in total. The van der Waals surface area contributed by atoms with Gasteiger partial charge in [-0.1, -0.05) is 45.9 Å². The van der Waals surface area contributed by atoms with E-state index < -0.39 is 10.8 Å². The predicted molar refractivity (Wildman–Crippen MR) is 89.9 cm³/mol. The van der Waals surface area contributed by atoms with Gasteiger partial charge < -0.3 is 9.73 Å². The number of nitrogens with one attached hydrogen (secondary N) is 1. The van der Waals surface area contributed by atoms with Gasteiger partial charge in [0.05, 0.1) is 6.04 Å². The van der Waals surface area contributed by atoms with Crippen LogP contribution in [0, 0.1) is 5.92 Å². The van der Waals surface area contributed by atoms with Crippen molar-refractivity contribution in [3.63, 3.8) is 0 Å². The van der Waals surface area contributed by atoms with E-state index in [0.717, 1.165) is 23.3 Å². The number of fused-ring (bicyclic) bond motifs is 1. The quantitative estimate of drug-likeness (QED) is 0.844. The van der Waals surface area contributed by atoms with Crippen LogP contribution in [0.5, 0.6) is 0 Å². The molecule has 0 fully saturated rings. The lowest BCUT2D eigenvalue weighted by Gasteiger charge is -2.20. The number of para-hydroxylation sites is 1. The Kier molecular flexibility index (Phi) is 5.59. The highest BCUT2D eigenvalue weighted by Gasteiger charge is 2.22. The van der Waals surface area contributed by atoms with Crippen LogP contribution in [0.4, 0.5) is 0 Å². The second-order valence-electron chi connectivity index (χ2n) is 5.79. The highest BCUT2D eigenvalue weighted by atomic mass is 32.2. The fourth-order valence-electron chi connectivity index (χ4n) is 2.28. The molecule has 1 aromatic carbocycles. The Morgan fingerprint density at radius 3 is 2.57 bits per heavy atom. The molecular weight excluding hydrogens is 282 g/mol. The third kappa shape index (κ3) is 3.95. The minimum absolute atomic E-state index is 0.00410. The van der Waals surface area contributed by atoms with Gasteiger partial charge in [-0.3, -0.25) is 4.21 Å². The van der Waals surface area contributed by atoms with Crippen LogP contribution in [0.25, 0.3) is 11.0 Å². The van der Waals surface area contributed by atoms with Crippen molar-refractivity contribution in [3.8, 4) is 0 Å². The number of hydrogen-bond donors (Lipinski definition) is 1. The number of rotatable bonds is 7. The zero-order valence-corrected chi connectivity index (χ0v) is 14.1. The van der Waals surface area contributed by atoms with Crippen LogP contribution >= 0.6 is 0 Å². The van der Waals surface area contributed by atoms with Crippen LogP contribution in [0.15, 0.2) is 34.7 Å². The van der Waals surface area contributed by atoms with E-state index in [4.69, 9.17) is 4.42 Å². The van der Waals surface area contributed by atoms with E-state index in [1.807, 2.05) is 24.3 Å². The molecule has 1 N–H and O–H groups in total. The Morgan fingerprint density at radius 1 is 1.24 bits per heavy atom. The van der Waals surface area contributed by atoms with Gasteiger partial charge in [-0.25, -0.2) is 0 Å².